The second-order valence-corrected chi connectivity index (χ2v) is 11.1. The molecule has 38 heavy (non-hydrogen) atoms. The number of hydrogen-bond acceptors (Lipinski definition) is 9. The third-order valence-corrected chi connectivity index (χ3v) is 7.57. The van der Waals surface area contributed by atoms with Gasteiger partial charge in [0.25, 0.3) is 0 Å². The highest BCUT2D eigenvalue weighted by atomic mass is 32.2. The third-order valence-electron chi connectivity index (χ3n) is 5.97. The molecular weight excluding hydrogens is 527 g/mol. The van der Waals surface area contributed by atoms with Gasteiger partial charge in [0, 0.05) is 30.3 Å². The van der Waals surface area contributed by atoms with Gasteiger partial charge < -0.3 is 15.4 Å². The van der Waals surface area contributed by atoms with Gasteiger partial charge in [-0.1, -0.05) is 5.21 Å². The van der Waals surface area contributed by atoms with Crippen LogP contribution in [0.3, 0.4) is 0 Å². The molecule has 1 saturated carbocycles. The molecule has 2 heterocycles. The minimum atomic E-state index is -4.35. The number of anilines is 2. The Hall–Kier alpha value is -3.75. The number of halogens is 3. The van der Waals surface area contributed by atoms with Crippen molar-refractivity contribution in [2.24, 2.45) is 5.92 Å². The molecule has 2 aromatic heterocycles. The molecule has 3 aromatic rings. The highest BCUT2D eigenvalue weighted by molar-refractivity contribution is 7.90. The van der Waals surface area contributed by atoms with E-state index in [9.17, 15) is 26.4 Å². The second kappa shape index (κ2) is 11.3. The van der Waals surface area contributed by atoms with Gasteiger partial charge in [-0.25, -0.2) is 27.9 Å². The number of carbonyl (C=O) groups excluding carboxylic acids is 1. The highest BCUT2D eigenvalue weighted by Crippen LogP contribution is 2.41. The predicted molar refractivity (Wildman–Crippen MR) is 129 cm³/mol. The lowest BCUT2D eigenvalue weighted by Gasteiger charge is -2.34. The summed E-state index contributed by atoms with van der Waals surface area (Å²) < 4.78 is 68.3. The molecule has 1 aliphatic rings. The first-order valence-corrected chi connectivity index (χ1v) is 13.4. The maximum atomic E-state index is 12.5. The summed E-state index contributed by atoms with van der Waals surface area (Å²) in [5, 5.41) is 12.5. The van der Waals surface area contributed by atoms with Crippen molar-refractivity contribution in [2.75, 3.05) is 11.9 Å². The largest absolute Gasteiger partial charge is 0.449 e. The lowest BCUT2D eigenvalue weighted by atomic mass is 9.72. The molecule has 204 valence electrons. The lowest BCUT2D eigenvalue weighted by molar-refractivity contribution is -0.138. The fourth-order valence-corrected chi connectivity index (χ4v) is 5.20. The zero-order valence-electron chi connectivity index (χ0n) is 20.3. The first kappa shape index (κ1) is 27.3. The van der Waals surface area contributed by atoms with E-state index < -0.39 is 34.6 Å². The molecule has 0 radical (unpaired) electrons. The molecule has 1 fully saturated rings. The van der Waals surface area contributed by atoms with Gasteiger partial charge in [-0.15, -0.1) is 5.10 Å². The molecule has 0 saturated heterocycles. The summed E-state index contributed by atoms with van der Waals surface area (Å²) in [7, 11) is -3.58. The van der Waals surface area contributed by atoms with Crippen LogP contribution in [0, 0.1) is 5.92 Å². The first-order valence-electron chi connectivity index (χ1n) is 11.7. The SMILES string of the molecule is C[C@@H](CC(F)(F)F)NC(=O)OCC1CC(c2cnc(Nc3ccc(S(=O)(=O)Cn4ccnn4)cc3)nc2)C1. The van der Waals surface area contributed by atoms with Crippen molar-refractivity contribution in [3.63, 3.8) is 0 Å². The van der Waals surface area contributed by atoms with E-state index in [0.717, 1.165) is 18.4 Å². The Labute approximate surface area is 216 Å². The van der Waals surface area contributed by atoms with E-state index in [1.54, 1.807) is 24.5 Å². The molecule has 4 rings (SSSR count). The number of nitrogens with one attached hydrogen (secondary N) is 2. The molecule has 0 bridgehead atoms. The minimum absolute atomic E-state index is 0.112. The van der Waals surface area contributed by atoms with Crippen LogP contribution in [0.25, 0.3) is 0 Å². The monoisotopic (exact) mass is 553 g/mol. The molecule has 15 heteroatoms. The molecule has 0 spiro atoms. The van der Waals surface area contributed by atoms with Gasteiger partial charge in [0.05, 0.1) is 24.1 Å². The fourth-order valence-electron chi connectivity index (χ4n) is 4.02. The number of sulfone groups is 1. The molecule has 0 aliphatic heterocycles. The molecule has 1 amide bonds. The van der Waals surface area contributed by atoms with Crippen molar-refractivity contribution < 1.29 is 31.1 Å². The zero-order valence-corrected chi connectivity index (χ0v) is 21.1. The van der Waals surface area contributed by atoms with Crippen LogP contribution in [-0.2, 0) is 20.5 Å². The molecule has 2 N–H and O–H groups in total. The van der Waals surface area contributed by atoms with E-state index in [2.05, 4.69) is 30.9 Å². The summed E-state index contributed by atoms with van der Waals surface area (Å²) in [6.07, 6.45) is 1.42. The zero-order chi connectivity index (χ0) is 27.3. The maximum Gasteiger partial charge on any atom is 0.407 e. The van der Waals surface area contributed by atoms with Crippen molar-refractivity contribution >= 4 is 27.6 Å². The van der Waals surface area contributed by atoms with Crippen molar-refractivity contribution in [2.45, 2.75) is 55.1 Å². The topological polar surface area (TPSA) is 141 Å². The smallest absolute Gasteiger partial charge is 0.407 e. The van der Waals surface area contributed by atoms with Crippen molar-refractivity contribution in [1.29, 1.82) is 0 Å². The highest BCUT2D eigenvalue weighted by Gasteiger charge is 2.33. The number of benzene rings is 1. The molecule has 1 aromatic carbocycles. The van der Waals surface area contributed by atoms with Gasteiger partial charge in [0.15, 0.2) is 9.84 Å². The molecule has 11 nitrogen and oxygen atoms in total. The van der Waals surface area contributed by atoms with Crippen molar-refractivity contribution in [1.82, 2.24) is 30.3 Å². The molecule has 0 unspecified atom stereocenters. The Kier molecular flexibility index (Phi) is 8.14. The van der Waals surface area contributed by atoms with Crippen LogP contribution in [0.4, 0.5) is 29.6 Å². The Morgan fingerprint density at radius 2 is 1.87 bits per heavy atom. The average Bonchev–Trinajstić information content (AvgIpc) is 3.30. The van der Waals surface area contributed by atoms with Crippen LogP contribution in [0.2, 0.25) is 0 Å². The van der Waals surface area contributed by atoms with Crippen LogP contribution in [-0.4, -0.2) is 58.3 Å². The molecule has 1 atom stereocenters. The van der Waals surface area contributed by atoms with Gasteiger partial charge in [-0.2, -0.15) is 13.2 Å². The van der Waals surface area contributed by atoms with E-state index in [1.807, 2.05) is 0 Å². The van der Waals surface area contributed by atoms with Crippen LogP contribution in [0.1, 0.15) is 37.7 Å². The van der Waals surface area contributed by atoms with Gasteiger partial charge >= 0.3 is 12.3 Å². The van der Waals surface area contributed by atoms with E-state index in [1.165, 1.54) is 36.1 Å². The van der Waals surface area contributed by atoms with Crippen LogP contribution in [0.15, 0.2) is 53.9 Å². The Morgan fingerprint density at radius 3 is 2.47 bits per heavy atom. The van der Waals surface area contributed by atoms with Crippen molar-refractivity contribution in [3.8, 4) is 0 Å². The normalized spacial score (nSPS) is 18.3. The molecule has 1 aliphatic carbocycles. The standard InChI is InChI=1S/C23H26F3N7O4S/c1-15(10-23(24,25)26)30-22(34)37-13-16-8-17(9-16)18-11-27-21(28-12-18)31-19-2-4-20(5-3-19)38(35,36)14-33-7-6-29-32-33/h2-7,11-12,15-17H,8-10,13-14H2,1H3,(H,30,34)(H,27,28,31)/t15-,16?,17?/m0/s1. The Balaban J connectivity index is 1.21. The number of carbonyl (C=O) groups is 1. The summed E-state index contributed by atoms with van der Waals surface area (Å²) in [6.45, 7) is 1.40. The number of nitrogens with zero attached hydrogens (tertiary/aromatic N) is 5. The molecular formula is C23H26F3N7O4S. The summed E-state index contributed by atoms with van der Waals surface area (Å²) in [5.41, 5.74) is 1.53. The van der Waals surface area contributed by atoms with E-state index in [-0.39, 0.29) is 29.2 Å². The average molecular weight is 554 g/mol. The quantitative estimate of drug-likeness (QED) is 0.383. The first-order chi connectivity index (χ1) is 18.0. The predicted octanol–water partition coefficient (Wildman–Crippen LogP) is 3.80. The summed E-state index contributed by atoms with van der Waals surface area (Å²) in [4.78, 5) is 20.5. The number of alkyl carbamates (subject to hydrolysis) is 1. The number of amides is 1. The number of alkyl halides is 3. The minimum Gasteiger partial charge on any atom is -0.449 e. The second-order valence-electron chi connectivity index (χ2n) is 9.17. The number of ether oxygens (including phenoxy) is 1. The summed E-state index contributed by atoms with van der Waals surface area (Å²) >= 11 is 0. The van der Waals surface area contributed by atoms with E-state index in [4.69, 9.17) is 4.74 Å². The number of hydrogen-bond donors (Lipinski definition) is 2. The van der Waals surface area contributed by atoms with E-state index in [0.29, 0.717) is 11.6 Å². The van der Waals surface area contributed by atoms with Crippen LogP contribution < -0.4 is 10.6 Å². The van der Waals surface area contributed by atoms with Crippen molar-refractivity contribution in [3.05, 3.63) is 54.6 Å². The van der Waals surface area contributed by atoms with Gasteiger partial charge in [0.1, 0.15) is 5.88 Å². The Morgan fingerprint density at radius 1 is 1.18 bits per heavy atom. The summed E-state index contributed by atoms with van der Waals surface area (Å²) in [6, 6.07) is 5.13. The van der Waals surface area contributed by atoms with Gasteiger partial charge in [0.2, 0.25) is 5.95 Å². The van der Waals surface area contributed by atoms with Gasteiger partial charge in [-0.3, -0.25) is 0 Å². The lowest BCUT2D eigenvalue weighted by Crippen LogP contribution is -2.38. The summed E-state index contributed by atoms with van der Waals surface area (Å²) in [5.74, 6) is 0.336. The number of aromatic nitrogens is 5. The fraction of sp³-hybridized carbons (Fsp3) is 0.435. The Bertz CT molecular complexity index is 1310. The van der Waals surface area contributed by atoms with Crippen LogP contribution in [0.5, 0.6) is 0 Å². The number of rotatable bonds is 10. The third kappa shape index (κ3) is 7.63. The van der Waals surface area contributed by atoms with E-state index >= 15 is 0 Å². The maximum absolute atomic E-state index is 12.5. The van der Waals surface area contributed by atoms with Crippen LogP contribution >= 0.6 is 0 Å². The van der Waals surface area contributed by atoms with Gasteiger partial charge in [-0.05, 0) is 61.4 Å².